The van der Waals surface area contributed by atoms with Gasteiger partial charge in [0.05, 0.1) is 0 Å². The Morgan fingerprint density at radius 3 is 2.14 bits per heavy atom. The van der Waals surface area contributed by atoms with Gasteiger partial charge in [-0.05, 0) is 25.0 Å². The minimum atomic E-state index is -3.48. The summed E-state index contributed by atoms with van der Waals surface area (Å²) in [5.74, 6) is -0.114. The van der Waals surface area contributed by atoms with Crippen LogP contribution in [-0.2, 0) is 15.0 Å². The van der Waals surface area contributed by atoms with Crippen molar-refractivity contribution >= 4 is 21.8 Å². The Bertz CT molecular complexity index is 592. The van der Waals surface area contributed by atoms with E-state index >= 15 is 0 Å². The monoisotopic (exact) mass is 313 g/mol. The fourth-order valence-corrected chi connectivity index (χ4v) is 2.68. The molecule has 0 spiro atoms. The molecule has 0 saturated heterocycles. The first kappa shape index (κ1) is 17.6. The predicted octanol–water partition coefficient (Wildman–Crippen LogP) is 1.05. The number of nitrogens with one attached hydrogen (secondary N) is 1. The van der Waals surface area contributed by atoms with Crippen molar-refractivity contribution in [2.45, 2.75) is 20.8 Å². The zero-order chi connectivity index (χ0) is 16.2. The van der Waals surface area contributed by atoms with E-state index in [1.54, 1.807) is 4.90 Å². The third kappa shape index (κ3) is 4.52. The van der Waals surface area contributed by atoms with Crippen LogP contribution in [0.5, 0.6) is 0 Å². The molecule has 1 amide bonds. The van der Waals surface area contributed by atoms with Gasteiger partial charge in [0.25, 0.3) is 10.2 Å². The van der Waals surface area contributed by atoms with E-state index in [2.05, 4.69) is 4.72 Å². The lowest BCUT2D eigenvalue weighted by Crippen LogP contribution is -2.42. The number of nitrogens with zero attached hydrogens (tertiary/aromatic N) is 2. The van der Waals surface area contributed by atoms with Crippen molar-refractivity contribution in [2.75, 3.05) is 32.1 Å². The Kier molecular flexibility index (Phi) is 5.88. The SMILES string of the molecule is CC(=O)N(CCNS(=O)(=O)N(C)C)c1c(C)cccc1C. The first-order valence-electron chi connectivity index (χ1n) is 6.68. The van der Waals surface area contributed by atoms with Crippen LogP contribution in [0.4, 0.5) is 5.69 Å². The molecule has 1 aromatic carbocycles. The molecule has 0 atom stereocenters. The van der Waals surface area contributed by atoms with Crippen molar-refractivity contribution in [2.24, 2.45) is 0 Å². The largest absolute Gasteiger partial charge is 0.311 e. The van der Waals surface area contributed by atoms with E-state index in [9.17, 15) is 13.2 Å². The topological polar surface area (TPSA) is 69.7 Å². The molecule has 0 heterocycles. The minimum absolute atomic E-state index is 0.114. The number of hydrogen-bond donors (Lipinski definition) is 1. The van der Waals surface area contributed by atoms with Crippen LogP contribution in [0.3, 0.4) is 0 Å². The summed E-state index contributed by atoms with van der Waals surface area (Å²) in [5, 5.41) is 0. The summed E-state index contributed by atoms with van der Waals surface area (Å²) in [6.07, 6.45) is 0. The number of aryl methyl sites for hydroxylation is 2. The van der Waals surface area contributed by atoms with Gasteiger partial charge < -0.3 is 4.90 Å². The van der Waals surface area contributed by atoms with Crippen LogP contribution < -0.4 is 9.62 Å². The quantitative estimate of drug-likeness (QED) is 0.853. The first-order valence-corrected chi connectivity index (χ1v) is 8.12. The predicted molar refractivity (Wildman–Crippen MR) is 84.6 cm³/mol. The second-order valence-corrected chi connectivity index (χ2v) is 7.06. The summed E-state index contributed by atoms with van der Waals surface area (Å²) < 4.78 is 26.9. The van der Waals surface area contributed by atoms with E-state index in [0.717, 1.165) is 21.1 Å². The number of para-hydroxylation sites is 1. The number of anilines is 1. The van der Waals surface area contributed by atoms with Gasteiger partial charge in [0.2, 0.25) is 5.91 Å². The third-order valence-corrected chi connectivity index (χ3v) is 4.72. The highest BCUT2D eigenvalue weighted by atomic mass is 32.2. The molecule has 21 heavy (non-hydrogen) atoms. The molecular formula is C14H23N3O3S. The van der Waals surface area contributed by atoms with E-state index in [0.29, 0.717) is 0 Å². The summed E-state index contributed by atoms with van der Waals surface area (Å²) in [5.41, 5.74) is 2.82. The molecule has 1 rings (SSSR count). The van der Waals surface area contributed by atoms with Gasteiger partial charge in [-0.1, -0.05) is 18.2 Å². The van der Waals surface area contributed by atoms with Gasteiger partial charge in [0.1, 0.15) is 0 Å². The molecule has 7 heteroatoms. The minimum Gasteiger partial charge on any atom is -0.311 e. The Hall–Kier alpha value is -1.44. The van der Waals surface area contributed by atoms with Gasteiger partial charge in [-0.3, -0.25) is 4.79 Å². The lowest BCUT2D eigenvalue weighted by atomic mass is 10.1. The fraction of sp³-hybridized carbons (Fsp3) is 0.500. The highest BCUT2D eigenvalue weighted by Gasteiger charge is 2.18. The molecule has 0 aliphatic heterocycles. The van der Waals surface area contributed by atoms with Crippen LogP contribution in [-0.4, -0.2) is 45.8 Å². The molecule has 6 nitrogen and oxygen atoms in total. The van der Waals surface area contributed by atoms with Crippen LogP contribution >= 0.6 is 0 Å². The summed E-state index contributed by atoms with van der Waals surface area (Å²) in [6.45, 7) is 5.79. The van der Waals surface area contributed by atoms with Gasteiger partial charge in [-0.25, -0.2) is 4.72 Å². The smallest absolute Gasteiger partial charge is 0.278 e. The Balaban J connectivity index is 2.88. The standard InChI is InChI=1S/C14H23N3O3S/c1-11-7-6-8-12(2)14(11)17(13(3)18)10-9-15-21(19,20)16(4)5/h6-8,15H,9-10H2,1-5H3. The zero-order valence-corrected chi connectivity index (χ0v) is 14.0. The lowest BCUT2D eigenvalue weighted by Gasteiger charge is -2.25. The van der Waals surface area contributed by atoms with E-state index in [-0.39, 0.29) is 19.0 Å². The molecule has 1 aromatic rings. The van der Waals surface area contributed by atoms with Crippen LogP contribution in [0.15, 0.2) is 18.2 Å². The zero-order valence-electron chi connectivity index (χ0n) is 13.2. The van der Waals surface area contributed by atoms with Crippen molar-refractivity contribution < 1.29 is 13.2 Å². The van der Waals surface area contributed by atoms with E-state index in [1.165, 1.54) is 21.0 Å². The van der Waals surface area contributed by atoms with Gasteiger partial charge in [0.15, 0.2) is 0 Å². The molecule has 0 bridgehead atoms. The molecule has 1 N–H and O–H groups in total. The summed E-state index contributed by atoms with van der Waals surface area (Å²) in [4.78, 5) is 13.5. The lowest BCUT2D eigenvalue weighted by molar-refractivity contribution is -0.116. The number of carbonyl (C=O) groups is 1. The number of benzene rings is 1. The Labute approximate surface area is 126 Å². The maximum atomic E-state index is 11.9. The second-order valence-electron chi connectivity index (χ2n) is 5.09. The highest BCUT2D eigenvalue weighted by molar-refractivity contribution is 7.87. The van der Waals surface area contributed by atoms with Gasteiger partial charge >= 0.3 is 0 Å². The normalized spacial score (nSPS) is 11.7. The molecule has 0 saturated carbocycles. The van der Waals surface area contributed by atoms with E-state index in [1.807, 2.05) is 32.0 Å². The Morgan fingerprint density at radius 2 is 1.71 bits per heavy atom. The summed E-state index contributed by atoms with van der Waals surface area (Å²) in [6, 6.07) is 5.80. The van der Waals surface area contributed by atoms with Gasteiger partial charge in [0, 0.05) is 39.8 Å². The van der Waals surface area contributed by atoms with E-state index < -0.39 is 10.2 Å². The second kappa shape index (κ2) is 7.02. The maximum Gasteiger partial charge on any atom is 0.278 e. The van der Waals surface area contributed by atoms with Gasteiger partial charge in [-0.15, -0.1) is 0 Å². The van der Waals surface area contributed by atoms with Crippen LogP contribution in [0.25, 0.3) is 0 Å². The number of amides is 1. The fourth-order valence-electron chi connectivity index (χ4n) is 2.07. The van der Waals surface area contributed by atoms with Crippen molar-refractivity contribution in [3.63, 3.8) is 0 Å². The Morgan fingerprint density at radius 1 is 1.19 bits per heavy atom. The van der Waals surface area contributed by atoms with Crippen LogP contribution in [0.2, 0.25) is 0 Å². The molecule has 0 radical (unpaired) electrons. The summed E-state index contributed by atoms with van der Waals surface area (Å²) in [7, 11) is -0.567. The average Bonchev–Trinajstić information content (AvgIpc) is 2.35. The van der Waals surface area contributed by atoms with Crippen LogP contribution in [0.1, 0.15) is 18.1 Å². The van der Waals surface area contributed by atoms with Crippen molar-refractivity contribution in [1.82, 2.24) is 9.03 Å². The number of carbonyl (C=O) groups excluding carboxylic acids is 1. The third-order valence-electron chi connectivity index (χ3n) is 3.19. The number of rotatable bonds is 6. The van der Waals surface area contributed by atoms with Crippen molar-refractivity contribution in [3.8, 4) is 0 Å². The van der Waals surface area contributed by atoms with Crippen molar-refractivity contribution in [3.05, 3.63) is 29.3 Å². The number of hydrogen-bond acceptors (Lipinski definition) is 3. The molecular weight excluding hydrogens is 290 g/mol. The highest BCUT2D eigenvalue weighted by Crippen LogP contribution is 2.24. The van der Waals surface area contributed by atoms with Crippen molar-refractivity contribution in [1.29, 1.82) is 0 Å². The molecule has 0 aliphatic rings. The van der Waals surface area contributed by atoms with Crippen LogP contribution in [0, 0.1) is 13.8 Å². The molecule has 0 aliphatic carbocycles. The molecule has 0 aromatic heterocycles. The average molecular weight is 313 g/mol. The summed E-state index contributed by atoms with van der Waals surface area (Å²) >= 11 is 0. The molecule has 0 unspecified atom stereocenters. The first-order chi connectivity index (χ1) is 9.66. The molecule has 118 valence electrons. The van der Waals surface area contributed by atoms with Gasteiger partial charge in [-0.2, -0.15) is 12.7 Å². The van der Waals surface area contributed by atoms with E-state index in [4.69, 9.17) is 0 Å². The maximum absolute atomic E-state index is 11.9. The molecule has 0 fully saturated rings.